The van der Waals surface area contributed by atoms with E-state index in [4.69, 9.17) is 5.11 Å². The van der Waals surface area contributed by atoms with Crippen LogP contribution in [-0.2, 0) is 21.0 Å². The molecule has 2 rings (SSSR count). The van der Waals surface area contributed by atoms with E-state index in [1.807, 2.05) is 0 Å². The molecule has 1 saturated carbocycles. The van der Waals surface area contributed by atoms with Crippen LogP contribution < -0.4 is 4.72 Å². The number of hydrogen-bond donors (Lipinski definition) is 2. The van der Waals surface area contributed by atoms with E-state index in [0.717, 1.165) is 5.38 Å². The molecule has 0 saturated heterocycles. The van der Waals surface area contributed by atoms with Gasteiger partial charge in [-0.2, -0.15) is 13.2 Å². The second-order valence-corrected chi connectivity index (χ2v) is 7.19. The zero-order valence-corrected chi connectivity index (χ0v) is 11.5. The predicted octanol–water partition coefficient (Wildman–Crippen LogP) is 2.05. The first-order valence-electron chi connectivity index (χ1n) is 5.46. The van der Waals surface area contributed by atoms with Crippen molar-refractivity contribution in [1.29, 1.82) is 0 Å². The van der Waals surface area contributed by atoms with Crippen LogP contribution in [0, 0.1) is 0 Å². The molecule has 0 amide bonds. The van der Waals surface area contributed by atoms with Crippen molar-refractivity contribution < 1.29 is 31.5 Å². The molecule has 1 fully saturated rings. The van der Waals surface area contributed by atoms with Gasteiger partial charge in [-0.05, 0) is 18.9 Å². The van der Waals surface area contributed by atoms with Gasteiger partial charge in [0.15, 0.2) is 0 Å². The second kappa shape index (κ2) is 4.71. The van der Waals surface area contributed by atoms with E-state index in [9.17, 15) is 26.4 Å². The molecule has 20 heavy (non-hydrogen) atoms. The Morgan fingerprint density at radius 3 is 2.45 bits per heavy atom. The van der Waals surface area contributed by atoms with Gasteiger partial charge in [0.25, 0.3) is 0 Å². The Morgan fingerprint density at radius 1 is 1.45 bits per heavy atom. The molecule has 112 valence electrons. The summed E-state index contributed by atoms with van der Waals surface area (Å²) in [5.41, 5.74) is -1.06. The largest absolute Gasteiger partial charge is 0.481 e. The molecule has 0 aliphatic heterocycles. The molecular weight excluding hydrogens is 319 g/mol. The summed E-state index contributed by atoms with van der Waals surface area (Å²) in [6.45, 7) is 0. The maximum Gasteiger partial charge on any atom is 0.425 e. The minimum Gasteiger partial charge on any atom is -0.481 e. The van der Waals surface area contributed by atoms with Crippen molar-refractivity contribution in [2.24, 2.45) is 0 Å². The van der Waals surface area contributed by atoms with Crippen molar-refractivity contribution in [2.45, 2.75) is 35.9 Å². The van der Waals surface area contributed by atoms with Gasteiger partial charge in [0.05, 0.1) is 11.3 Å². The van der Waals surface area contributed by atoms with Gasteiger partial charge in [0.1, 0.15) is 4.88 Å². The highest BCUT2D eigenvalue weighted by atomic mass is 32.2. The maximum absolute atomic E-state index is 12.4. The minimum absolute atomic E-state index is 0.283. The van der Waals surface area contributed by atoms with Gasteiger partial charge in [0, 0.05) is 10.9 Å². The maximum atomic E-state index is 12.4. The average molecular weight is 329 g/mol. The number of rotatable bonds is 5. The summed E-state index contributed by atoms with van der Waals surface area (Å²) in [5, 5.41) is 9.58. The van der Waals surface area contributed by atoms with E-state index in [0.29, 0.717) is 18.9 Å². The molecule has 1 aliphatic carbocycles. The lowest BCUT2D eigenvalue weighted by atomic mass is 10.2. The smallest absolute Gasteiger partial charge is 0.425 e. The fourth-order valence-corrected chi connectivity index (χ4v) is 4.31. The molecule has 0 radical (unpaired) electrons. The van der Waals surface area contributed by atoms with Crippen LogP contribution in [0.15, 0.2) is 16.3 Å². The van der Waals surface area contributed by atoms with Gasteiger partial charge < -0.3 is 5.11 Å². The summed E-state index contributed by atoms with van der Waals surface area (Å²) >= 11 is 0.283. The molecule has 0 bridgehead atoms. The van der Waals surface area contributed by atoms with E-state index in [2.05, 4.69) is 4.72 Å². The fraction of sp³-hybridized carbons (Fsp3) is 0.500. The number of alkyl halides is 3. The van der Waals surface area contributed by atoms with Gasteiger partial charge >= 0.3 is 12.1 Å². The number of carboxylic acids is 1. The quantitative estimate of drug-likeness (QED) is 0.866. The third-order valence-corrected chi connectivity index (χ3v) is 5.54. The Labute approximate surface area is 116 Å². The standard InChI is InChI=1S/C10H10F3NO4S2/c11-10(12,13)7-3-6(5-19-7)20(17,18)14-9(1-2-9)4-8(15)16/h3,5,14H,1-2,4H2,(H,15,16). The lowest BCUT2D eigenvalue weighted by Gasteiger charge is -2.14. The second-order valence-electron chi connectivity index (χ2n) is 4.60. The molecule has 5 nitrogen and oxygen atoms in total. The van der Waals surface area contributed by atoms with E-state index in [-0.39, 0.29) is 17.8 Å². The molecular formula is C10H10F3NO4S2. The highest BCUT2D eigenvalue weighted by molar-refractivity contribution is 7.89. The lowest BCUT2D eigenvalue weighted by molar-refractivity contribution is -0.137. The summed E-state index contributed by atoms with van der Waals surface area (Å²) in [5.74, 6) is -1.16. The summed E-state index contributed by atoms with van der Waals surface area (Å²) in [6.07, 6.45) is -4.27. The van der Waals surface area contributed by atoms with Gasteiger partial charge in [-0.3, -0.25) is 4.79 Å². The highest BCUT2D eigenvalue weighted by Gasteiger charge is 2.48. The van der Waals surface area contributed by atoms with Crippen LogP contribution in [-0.4, -0.2) is 25.0 Å². The zero-order valence-electron chi connectivity index (χ0n) is 9.90. The first kappa shape index (κ1) is 15.3. The summed E-state index contributed by atoms with van der Waals surface area (Å²) < 4.78 is 63.4. The van der Waals surface area contributed by atoms with Crippen LogP contribution in [0.3, 0.4) is 0 Å². The highest BCUT2D eigenvalue weighted by Crippen LogP contribution is 2.41. The molecule has 0 aromatic carbocycles. The van der Waals surface area contributed by atoms with Crippen molar-refractivity contribution in [3.63, 3.8) is 0 Å². The molecule has 1 aliphatic rings. The van der Waals surface area contributed by atoms with Crippen molar-refractivity contribution in [3.05, 3.63) is 16.3 Å². The van der Waals surface area contributed by atoms with Crippen molar-refractivity contribution in [2.75, 3.05) is 0 Å². The summed E-state index contributed by atoms with van der Waals surface area (Å²) in [6, 6.07) is 0.545. The van der Waals surface area contributed by atoms with E-state index < -0.39 is 37.5 Å². The Kier molecular flexibility index (Phi) is 3.59. The number of hydrogen-bond acceptors (Lipinski definition) is 4. The van der Waals surface area contributed by atoms with Gasteiger partial charge in [-0.15, -0.1) is 11.3 Å². The third kappa shape index (κ3) is 3.30. The fourth-order valence-electron chi connectivity index (χ4n) is 1.71. The van der Waals surface area contributed by atoms with E-state index in [1.54, 1.807) is 0 Å². The van der Waals surface area contributed by atoms with Crippen LogP contribution in [0.5, 0.6) is 0 Å². The van der Waals surface area contributed by atoms with Crippen LogP contribution in [0.4, 0.5) is 13.2 Å². The number of carboxylic acid groups (broad SMARTS) is 1. The van der Waals surface area contributed by atoms with Crippen molar-refractivity contribution in [3.8, 4) is 0 Å². The lowest BCUT2D eigenvalue weighted by Crippen LogP contribution is -2.38. The first-order chi connectivity index (χ1) is 9.04. The Morgan fingerprint density at radius 2 is 2.05 bits per heavy atom. The first-order valence-corrected chi connectivity index (χ1v) is 7.82. The SMILES string of the molecule is O=C(O)CC1(NS(=O)(=O)c2csc(C(F)(F)F)c2)CC1. The van der Waals surface area contributed by atoms with Gasteiger partial charge in [-0.25, -0.2) is 13.1 Å². The Balaban J connectivity index is 2.19. The average Bonchev–Trinajstić information content (AvgIpc) is 2.79. The normalized spacial score (nSPS) is 17.9. The molecule has 0 spiro atoms. The van der Waals surface area contributed by atoms with Crippen molar-refractivity contribution in [1.82, 2.24) is 4.72 Å². The number of sulfonamides is 1. The van der Waals surface area contributed by atoms with E-state index in [1.165, 1.54) is 0 Å². The summed E-state index contributed by atoms with van der Waals surface area (Å²) in [4.78, 5) is 9.12. The Bertz CT molecular complexity index is 631. The minimum atomic E-state index is -4.60. The molecule has 0 unspecified atom stereocenters. The van der Waals surface area contributed by atoms with Gasteiger partial charge in [0.2, 0.25) is 10.0 Å². The third-order valence-electron chi connectivity index (χ3n) is 2.86. The monoisotopic (exact) mass is 329 g/mol. The van der Waals surface area contributed by atoms with E-state index >= 15 is 0 Å². The number of nitrogens with one attached hydrogen (secondary N) is 1. The zero-order chi connectivity index (χ0) is 15.2. The number of aliphatic carboxylic acids is 1. The molecule has 1 heterocycles. The number of halogens is 3. The van der Waals surface area contributed by atoms with Crippen LogP contribution >= 0.6 is 11.3 Å². The van der Waals surface area contributed by atoms with Crippen molar-refractivity contribution >= 4 is 27.3 Å². The molecule has 2 N–H and O–H groups in total. The van der Waals surface area contributed by atoms with Crippen LogP contribution in [0.25, 0.3) is 0 Å². The van der Waals surface area contributed by atoms with Crippen LogP contribution in [0.1, 0.15) is 24.1 Å². The number of thiophene rings is 1. The predicted molar refractivity (Wildman–Crippen MR) is 63.9 cm³/mol. The molecule has 10 heteroatoms. The molecule has 1 aromatic heterocycles. The summed E-state index contributed by atoms with van der Waals surface area (Å²) in [7, 11) is -4.14. The topological polar surface area (TPSA) is 83.5 Å². The Hall–Kier alpha value is -1.13. The molecule has 0 atom stereocenters. The molecule has 1 aromatic rings. The van der Waals surface area contributed by atoms with Gasteiger partial charge in [-0.1, -0.05) is 0 Å². The number of carbonyl (C=O) groups is 1. The van der Waals surface area contributed by atoms with Crippen LogP contribution in [0.2, 0.25) is 0 Å².